The molecule has 1 aromatic carbocycles. The second kappa shape index (κ2) is 14.1. The molecule has 1 fully saturated rings. The Bertz CT molecular complexity index is 1170. The molecule has 2 aromatic rings. The molecule has 0 aliphatic carbocycles. The third-order valence-corrected chi connectivity index (χ3v) is 6.30. The van der Waals surface area contributed by atoms with Crippen LogP contribution in [0.4, 0.5) is 0 Å². The minimum absolute atomic E-state index is 0.0736. The third-order valence-electron chi connectivity index (χ3n) is 6.30. The summed E-state index contributed by atoms with van der Waals surface area (Å²) >= 11 is 0. The van der Waals surface area contributed by atoms with Crippen molar-refractivity contribution in [2.75, 3.05) is 19.6 Å². The van der Waals surface area contributed by atoms with Crippen molar-refractivity contribution in [1.29, 1.82) is 0 Å². The molecule has 0 spiro atoms. The molecule has 5 N–H and O–H groups in total. The van der Waals surface area contributed by atoms with Crippen LogP contribution in [0.25, 0.3) is 0 Å². The van der Waals surface area contributed by atoms with Crippen LogP contribution in [-0.2, 0) is 36.9 Å². The van der Waals surface area contributed by atoms with Gasteiger partial charge >= 0.3 is 0 Å². The monoisotopic (exact) mass is 557 g/mol. The average molecular weight is 558 g/mol. The van der Waals surface area contributed by atoms with E-state index in [2.05, 4.69) is 36.8 Å². The van der Waals surface area contributed by atoms with Crippen molar-refractivity contribution in [3.05, 3.63) is 42.2 Å². The molecule has 1 aliphatic heterocycles. The van der Waals surface area contributed by atoms with Crippen molar-refractivity contribution in [2.45, 2.75) is 58.0 Å². The normalized spacial score (nSPS) is 22.3. The number of amides is 5. The topological polar surface area (TPSA) is 201 Å². The Morgan fingerprint density at radius 3 is 2.35 bits per heavy atom. The first-order chi connectivity index (χ1) is 19.0. The van der Waals surface area contributed by atoms with Crippen molar-refractivity contribution in [1.82, 2.24) is 46.4 Å². The van der Waals surface area contributed by atoms with Crippen LogP contribution in [0.5, 0.6) is 0 Å². The molecular formula is C25H35N9O6. The van der Waals surface area contributed by atoms with E-state index < -0.39 is 60.3 Å². The fraction of sp³-hybridized carbons (Fsp3) is 0.520. The van der Waals surface area contributed by atoms with Crippen LogP contribution < -0.4 is 21.3 Å². The number of hydrogen-bond acceptors (Lipinski definition) is 9. The van der Waals surface area contributed by atoms with Gasteiger partial charge in [-0.3, -0.25) is 24.0 Å². The molecule has 0 radical (unpaired) electrons. The SMILES string of the molecule is CC(C)[C@H]1NC(=O)CN(C(=O)Cn2cnnn2)CCNC(=O)[C@H]([C@@H](C)O)NC(=O)[C@H](Cc2ccccc2)NC1=O. The highest BCUT2D eigenvalue weighted by Crippen LogP contribution is 2.08. The molecule has 5 amide bonds. The first-order valence-corrected chi connectivity index (χ1v) is 12.9. The summed E-state index contributed by atoms with van der Waals surface area (Å²) in [4.78, 5) is 66.7. The van der Waals surface area contributed by atoms with Crippen molar-refractivity contribution < 1.29 is 29.1 Å². The fourth-order valence-electron chi connectivity index (χ4n) is 4.11. The van der Waals surface area contributed by atoms with Gasteiger partial charge in [-0.2, -0.15) is 0 Å². The lowest BCUT2D eigenvalue weighted by Crippen LogP contribution is -2.60. The molecule has 3 rings (SSSR count). The van der Waals surface area contributed by atoms with E-state index in [4.69, 9.17) is 0 Å². The van der Waals surface area contributed by atoms with Crippen LogP contribution in [0.15, 0.2) is 36.7 Å². The van der Waals surface area contributed by atoms with Crippen molar-refractivity contribution in [3.8, 4) is 0 Å². The number of aromatic nitrogens is 4. The second-order valence-corrected chi connectivity index (χ2v) is 9.88. The zero-order valence-electron chi connectivity index (χ0n) is 22.6. The Hall–Kier alpha value is -4.40. The summed E-state index contributed by atoms with van der Waals surface area (Å²) in [5, 5.41) is 31.4. The highest BCUT2D eigenvalue weighted by Gasteiger charge is 2.33. The Kier molecular flexibility index (Phi) is 10.6. The molecule has 15 nitrogen and oxygen atoms in total. The van der Waals surface area contributed by atoms with Gasteiger partial charge < -0.3 is 31.3 Å². The fourth-order valence-corrected chi connectivity index (χ4v) is 4.11. The quantitative estimate of drug-likeness (QED) is 0.252. The summed E-state index contributed by atoms with van der Waals surface area (Å²) in [6.45, 7) is 4.01. The van der Waals surface area contributed by atoms with E-state index in [1.807, 2.05) is 6.07 Å². The van der Waals surface area contributed by atoms with Crippen LogP contribution in [0.3, 0.4) is 0 Å². The standard InChI is InChI=1S/C25H35N9O6/c1-15(2)21-25(40)28-18(11-17-7-5-4-6-8-17)23(38)30-22(16(3)35)24(39)26-9-10-33(12-19(36)29-21)20(37)13-34-14-27-31-32-34/h4-8,14-16,18,21-22,35H,9-13H2,1-3H3,(H,26,39)(H,28,40)(H,29,36)(H,30,38)/t16-,18+,21-,22+/m1/s1. The molecule has 4 atom stereocenters. The second-order valence-electron chi connectivity index (χ2n) is 9.88. The van der Waals surface area contributed by atoms with Crippen LogP contribution in [0, 0.1) is 5.92 Å². The molecule has 15 heteroatoms. The van der Waals surface area contributed by atoms with Crippen molar-refractivity contribution in [2.24, 2.45) is 5.92 Å². The van der Waals surface area contributed by atoms with Gasteiger partial charge in [0.25, 0.3) is 0 Å². The number of hydrogen-bond donors (Lipinski definition) is 5. The van der Waals surface area contributed by atoms with E-state index >= 15 is 0 Å². The maximum Gasteiger partial charge on any atom is 0.245 e. The number of carbonyl (C=O) groups is 5. The van der Waals surface area contributed by atoms with E-state index in [0.29, 0.717) is 0 Å². The molecular weight excluding hydrogens is 522 g/mol. The highest BCUT2D eigenvalue weighted by atomic mass is 16.3. The average Bonchev–Trinajstić information content (AvgIpc) is 3.41. The Balaban J connectivity index is 1.89. The predicted octanol–water partition coefficient (Wildman–Crippen LogP) is -2.63. The third kappa shape index (κ3) is 8.56. The van der Waals surface area contributed by atoms with Gasteiger partial charge in [0.05, 0.1) is 12.6 Å². The Morgan fingerprint density at radius 1 is 1.00 bits per heavy atom. The van der Waals surface area contributed by atoms with Gasteiger partial charge in [0.1, 0.15) is 31.0 Å². The maximum atomic E-state index is 13.4. The van der Waals surface area contributed by atoms with Gasteiger partial charge in [-0.05, 0) is 28.8 Å². The van der Waals surface area contributed by atoms with E-state index in [-0.39, 0.29) is 32.0 Å². The van der Waals surface area contributed by atoms with Crippen LogP contribution in [0.2, 0.25) is 0 Å². The molecule has 1 saturated heterocycles. The lowest BCUT2D eigenvalue weighted by molar-refractivity contribution is -0.138. The molecule has 0 unspecified atom stereocenters. The molecule has 216 valence electrons. The summed E-state index contributed by atoms with van der Waals surface area (Å²) < 4.78 is 1.19. The van der Waals surface area contributed by atoms with Gasteiger partial charge in [0, 0.05) is 19.5 Å². The first-order valence-electron chi connectivity index (χ1n) is 12.9. The maximum absolute atomic E-state index is 13.4. The number of aliphatic hydroxyl groups excluding tert-OH is 1. The molecule has 2 heterocycles. The van der Waals surface area contributed by atoms with Crippen LogP contribution in [0.1, 0.15) is 26.3 Å². The number of aliphatic hydroxyl groups is 1. The van der Waals surface area contributed by atoms with Crippen molar-refractivity contribution in [3.63, 3.8) is 0 Å². The molecule has 40 heavy (non-hydrogen) atoms. The number of rotatable bonds is 6. The minimum Gasteiger partial charge on any atom is -0.391 e. The van der Waals surface area contributed by atoms with Gasteiger partial charge in [-0.25, -0.2) is 4.68 Å². The number of nitrogens with zero attached hydrogens (tertiary/aromatic N) is 5. The summed E-state index contributed by atoms with van der Waals surface area (Å²) in [6.07, 6.45) is 0.0796. The van der Waals surface area contributed by atoms with E-state index in [9.17, 15) is 29.1 Å². The van der Waals surface area contributed by atoms with E-state index in [1.54, 1.807) is 38.1 Å². The molecule has 1 aliphatic rings. The Morgan fingerprint density at radius 2 is 1.73 bits per heavy atom. The lowest BCUT2D eigenvalue weighted by atomic mass is 10.0. The predicted molar refractivity (Wildman–Crippen MR) is 140 cm³/mol. The van der Waals surface area contributed by atoms with Crippen molar-refractivity contribution >= 4 is 29.5 Å². The minimum atomic E-state index is -1.33. The molecule has 0 bridgehead atoms. The summed E-state index contributed by atoms with van der Waals surface area (Å²) in [5.41, 5.74) is 0.751. The summed E-state index contributed by atoms with van der Waals surface area (Å²) in [6, 6.07) is 5.50. The zero-order chi connectivity index (χ0) is 29.2. The summed E-state index contributed by atoms with van der Waals surface area (Å²) in [7, 11) is 0. The summed E-state index contributed by atoms with van der Waals surface area (Å²) in [5.74, 6) is -3.46. The van der Waals surface area contributed by atoms with E-state index in [1.165, 1.54) is 22.8 Å². The van der Waals surface area contributed by atoms with Crippen LogP contribution >= 0.6 is 0 Å². The lowest BCUT2D eigenvalue weighted by Gasteiger charge is -2.27. The molecule has 1 aromatic heterocycles. The molecule has 0 saturated carbocycles. The number of carbonyl (C=O) groups excluding carboxylic acids is 5. The highest BCUT2D eigenvalue weighted by molar-refractivity contribution is 5.95. The van der Waals surface area contributed by atoms with Gasteiger partial charge in [0.15, 0.2) is 0 Å². The number of tetrazole rings is 1. The zero-order valence-corrected chi connectivity index (χ0v) is 22.6. The largest absolute Gasteiger partial charge is 0.391 e. The smallest absolute Gasteiger partial charge is 0.245 e. The van der Waals surface area contributed by atoms with Gasteiger partial charge in [-0.15, -0.1) is 5.10 Å². The van der Waals surface area contributed by atoms with Crippen LogP contribution in [-0.4, -0.2) is 104 Å². The Labute approximate surface area is 231 Å². The van der Waals surface area contributed by atoms with E-state index in [0.717, 1.165) is 5.56 Å². The number of nitrogens with one attached hydrogen (secondary N) is 4. The first kappa shape index (κ1) is 30.1. The van der Waals surface area contributed by atoms with Gasteiger partial charge in [0.2, 0.25) is 29.5 Å². The number of benzene rings is 1. The van der Waals surface area contributed by atoms with Gasteiger partial charge in [-0.1, -0.05) is 44.2 Å².